The van der Waals surface area contributed by atoms with Crippen molar-refractivity contribution in [1.29, 1.82) is 0 Å². The summed E-state index contributed by atoms with van der Waals surface area (Å²) in [6.07, 6.45) is -4.66. The highest BCUT2D eigenvalue weighted by Gasteiger charge is 2.51. The van der Waals surface area contributed by atoms with E-state index >= 15 is 0 Å². The number of amidine groups is 1. The highest BCUT2D eigenvalue weighted by Crippen LogP contribution is 2.41. The Morgan fingerprint density at radius 1 is 1.09 bits per heavy atom. The molecule has 2 aromatic carbocycles. The first-order chi connectivity index (χ1) is 21.0. The van der Waals surface area contributed by atoms with E-state index in [-0.39, 0.29) is 40.4 Å². The van der Waals surface area contributed by atoms with Gasteiger partial charge in [-0.15, -0.1) is 10.2 Å². The van der Waals surface area contributed by atoms with E-state index in [4.69, 9.17) is 14.2 Å². The normalized spacial score (nSPS) is 15.0. The second kappa shape index (κ2) is 13.8. The zero-order valence-electron chi connectivity index (χ0n) is 25.7. The van der Waals surface area contributed by atoms with E-state index in [0.717, 1.165) is 17.7 Å². The Morgan fingerprint density at radius 2 is 1.69 bits per heavy atom. The molecule has 0 aliphatic heterocycles. The molecule has 16 heteroatoms. The molecule has 0 aliphatic rings. The number of anilines is 1. The largest absolute Gasteiger partial charge is 0.494 e. The van der Waals surface area contributed by atoms with Crippen LogP contribution in [0.1, 0.15) is 33.3 Å². The zero-order valence-corrected chi connectivity index (χ0v) is 26.6. The van der Waals surface area contributed by atoms with Crippen LogP contribution in [0.3, 0.4) is 0 Å². The Labute approximate surface area is 259 Å². The summed E-state index contributed by atoms with van der Waals surface area (Å²) in [7, 11) is -0.332. The average molecular weight is 653 g/mol. The summed E-state index contributed by atoms with van der Waals surface area (Å²) in [5, 5.41) is 17.2. The standard InChI is InChI=1S/C29H35F3N6O6S/c1-17(2)16-34-25(33-5)24(44-8)18(3)45(40,41)37-27-36-35-26(38(27)23-21(42-6)13-10-14-22(23)43-7)19-11-9-12-20(15-19)28(4,39)29(30,31)32/h9-16,18,24,39H,5H2,1-4,6-8H3,(H,36,37)/b34-25-/t18-,24-,28-/m0/s1. The van der Waals surface area contributed by atoms with Crippen LogP contribution in [0.25, 0.3) is 17.1 Å². The van der Waals surface area contributed by atoms with Gasteiger partial charge in [-0.3, -0.25) is 9.29 Å². The molecular formula is C29H35F3N6O6S. The van der Waals surface area contributed by atoms with Gasteiger partial charge in [0, 0.05) is 18.9 Å². The summed E-state index contributed by atoms with van der Waals surface area (Å²) >= 11 is 0. The van der Waals surface area contributed by atoms with E-state index in [1.54, 1.807) is 32.0 Å². The number of hydrogen-bond acceptors (Lipinski definition) is 9. The molecule has 0 fully saturated rings. The quantitative estimate of drug-likeness (QED) is 0.208. The molecule has 0 spiro atoms. The molecule has 244 valence electrons. The molecule has 0 bridgehead atoms. The number of aromatic nitrogens is 3. The van der Waals surface area contributed by atoms with Crippen molar-refractivity contribution in [2.75, 3.05) is 26.1 Å². The van der Waals surface area contributed by atoms with Gasteiger partial charge in [-0.1, -0.05) is 29.8 Å². The highest BCUT2D eigenvalue weighted by atomic mass is 32.2. The van der Waals surface area contributed by atoms with Gasteiger partial charge in [0.25, 0.3) is 0 Å². The average Bonchev–Trinajstić information content (AvgIpc) is 3.39. The van der Waals surface area contributed by atoms with Crippen LogP contribution in [0.15, 0.2) is 64.2 Å². The molecule has 3 aromatic rings. The second-order valence-electron chi connectivity index (χ2n) is 10.2. The number of alkyl halides is 3. The predicted octanol–water partition coefficient (Wildman–Crippen LogP) is 4.89. The lowest BCUT2D eigenvalue weighted by atomic mass is 9.93. The number of methoxy groups -OCH3 is 3. The molecule has 0 radical (unpaired) electrons. The van der Waals surface area contributed by atoms with Crippen molar-refractivity contribution in [1.82, 2.24) is 14.8 Å². The molecule has 1 heterocycles. The van der Waals surface area contributed by atoms with Crippen molar-refractivity contribution >= 4 is 28.5 Å². The fourth-order valence-electron chi connectivity index (χ4n) is 4.22. The topological polar surface area (TPSA) is 150 Å². The Hall–Kier alpha value is -4.28. The molecule has 0 unspecified atom stereocenters. The van der Waals surface area contributed by atoms with Crippen molar-refractivity contribution < 1.29 is 40.9 Å². The number of allylic oxidation sites excluding steroid dienone is 1. The van der Waals surface area contributed by atoms with E-state index in [9.17, 15) is 26.7 Å². The number of ether oxygens (including phenoxy) is 3. The minimum atomic E-state index is -4.99. The number of aliphatic imine (C=N–C) groups is 2. The number of sulfonamides is 1. The lowest BCUT2D eigenvalue weighted by Gasteiger charge is -2.27. The lowest BCUT2D eigenvalue weighted by Crippen LogP contribution is -2.41. The molecule has 3 atom stereocenters. The van der Waals surface area contributed by atoms with Crippen LogP contribution < -0.4 is 14.2 Å². The molecule has 0 aliphatic carbocycles. The SMILES string of the molecule is C=N/C(=N\C=C(C)C)[C@@H](OC)[C@H](C)S(=O)(=O)Nc1nnc(-c2cccc([C@](C)(O)C(F)(F)F)c2)n1-c1c(OC)cccc1OC. The molecule has 12 nitrogen and oxygen atoms in total. The minimum absolute atomic E-state index is 0.0126. The van der Waals surface area contributed by atoms with Crippen LogP contribution in [-0.4, -0.2) is 79.7 Å². The summed E-state index contributed by atoms with van der Waals surface area (Å²) in [6, 6.07) is 9.68. The first-order valence-corrected chi connectivity index (χ1v) is 14.9. The van der Waals surface area contributed by atoms with Crippen LogP contribution in [-0.2, 0) is 20.4 Å². The second-order valence-corrected chi connectivity index (χ2v) is 12.2. The third-order valence-corrected chi connectivity index (χ3v) is 8.49. The number of nitrogens with one attached hydrogen (secondary N) is 1. The van der Waals surface area contributed by atoms with Crippen molar-refractivity contribution in [3.8, 4) is 28.6 Å². The van der Waals surface area contributed by atoms with E-state index in [0.29, 0.717) is 6.92 Å². The van der Waals surface area contributed by atoms with Gasteiger partial charge in [0.15, 0.2) is 17.3 Å². The van der Waals surface area contributed by atoms with Crippen LogP contribution in [0.5, 0.6) is 11.5 Å². The molecule has 0 saturated carbocycles. The predicted molar refractivity (Wildman–Crippen MR) is 165 cm³/mol. The van der Waals surface area contributed by atoms with E-state index in [1.807, 2.05) is 0 Å². The van der Waals surface area contributed by atoms with Gasteiger partial charge in [0.2, 0.25) is 16.0 Å². The van der Waals surface area contributed by atoms with E-state index in [1.165, 1.54) is 51.2 Å². The molecule has 2 N–H and O–H groups in total. The van der Waals surface area contributed by atoms with Gasteiger partial charge in [-0.05, 0) is 58.2 Å². The molecule has 0 amide bonds. The van der Waals surface area contributed by atoms with E-state index < -0.39 is 38.7 Å². The van der Waals surface area contributed by atoms with Crippen LogP contribution >= 0.6 is 0 Å². The van der Waals surface area contributed by atoms with Crippen molar-refractivity contribution in [2.24, 2.45) is 9.98 Å². The number of aliphatic hydroxyl groups is 1. The van der Waals surface area contributed by atoms with Gasteiger partial charge < -0.3 is 19.3 Å². The fourth-order valence-corrected chi connectivity index (χ4v) is 5.35. The van der Waals surface area contributed by atoms with Gasteiger partial charge in [-0.2, -0.15) is 13.2 Å². The summed E-state index contributed by atoms with van der Waals surface area (Å²) in [5.74, 6) is -0.0338. The number of rotatable bonds is 12. The molecule has 3 rings (SSSR count). The highest BCUT2D eigenvalue weighted by molar-refractivity contribution is 7.93. The Morgan fingerprint density at radius 3 is 2.20 bits per heavy atom. The first kappa shape index (κ1) is 35.2. The first-order valence-electron chi connectivity index (χ1n) is 13.3. The summed E-state index contributed by atoms with van der Waals surface area (Å²) in [5.41, 5.74) is -2.64. The third-order valence-electron chi connectivity index (χ3n) is 6.80. The van der Waals surface area contributed by atoms with Crippen LogP contribution in [0.2, 0.25) is 0 Å². The Balaban J connectivity index is 2.27. The smallest absolute Gasteiger partial charge is 0.421 e. The van der Waals surface area contributed by atoms with Gasteiger partial charge in [-0.25, -0.2) is 18.4 Å². The Kier molecular flexibility index (Phi) is 10.8. The maximum absolute atomic E-state index is 13.8. The molecule has 45 heavy (non-hydrogen) atoms. The summed E-state index contributed by atoms with van der Waals surface area (Å²) in [6.45, 7) is 9.06. The van der Waals surface area contributed by atoms with Gasteiger partial charge in [0.1, 0.15) is 28.5 Å². The monoisotopic (exact) mass is 652 g/mol. The third kappa shape index (κ3) is 7.34. The molecule has 1 aromatic heterocycles. The van der Waals surface area contributed by atoms with Crippen LogP contribution in [0, 0.1) is 0 Å². The van der Waals surface area contributed by atoms with Gasteiger partial charge in [0.05, 0.1) is 14.2 Å². The number of benzene rings is 2. The lowest BCUT2D eigenvalue weighted by molar-refractivity contribution is -0.258. The van der Waals surface area contributed by atoms with Crippen molar-refractivity contribution in [3.63, 3.8) is 0 Å². The number of para-hydroxylation sites is 1. The van der Waals surface area contributed by atoms with Crippen LogP contribution in [0.4, 0.5) is 19.1 Å². The maximum Gasteiger partial charge on any atom is 0.421 e. The number of nitrogens with zero attached hydrogens (tertiary/aromatic N) is 5. The number of halogens is 3. The van der Waals surface area contributed by atoms with Gasteiger partial charge >= 0.3 is 6.18 Å². The van der Waals surface area contributed by atoms with E-state index in [2.05, 4.69) is 31.6 Å². The molecule has 0 saturated heterocycles. The summed E-state index contributed by atoms with van der Waals surface area (Å²) < 4.78 is 88.8. The number of hydrogen-bond donors (Lipinski definition) is 2. The minimum Gasteiger partial charge on any atom is -0.494 e. The maximum atomic E-state index is 13.8. The molecular weight excluding hydrogens is 617 g/mol. The Bertz CT molecular complexity index is 1680. The fraction of sp³-hybridized carbons (Fsp3) is 0.379. The zero-order chi connectivity index (χ0) is 33.7. The van der Waals surface area contributed by atoms with Crippen molar-refractivity contribution in [3.05, 3.63) is 59.8 Å². The van der Waals surface area contributed by atoms with Crippen molar-refractivity contribution in [2.45, 2.75) is 50.8 Å². The summed E-state index contributed by atoms with van der Waals surface area (Å²) in [4.78, 5) is 8.04.